The van der Waals surface area contributed by atoms with Crippen LogP contribution in [-0.4, -0.2) is 17.9 Å². The number of hydrogen-bond acceptors (Lipinski definition) is 2. The molecule has 0 saturated heterocycles. The van der Waals surface area contributed by atoms with Gasteiger partial charge in [-0.15, -0.1) is 0 Å². The molecule has 1 heterocycles. The number of aromatic nitrogens is 1. The van der Waals surface area contributed by atoms with E-state index in [0.717, 1.165) is 4.47 Å². The van der Waals surface area contributed by atoms with E-state index < -0.39 is 0 Å². The van der Waals surface area contributed by atoms with Crippen molar-refractivity contribution in [3.8, 4) is 0 Å². The summed E-state index contributed by atoms with van der Waals surface area (Å²) in [6.07, 6.45) is 1.65. The van der Waals surface area contributed by atoms with E-state index in [9.17, 15) is 4.79 Å². The highest BCUT2D eigenvalue weighted by molar-refractivity contribution is 9.10. The summed E-state index contributed by atoms with van der Waals surface area (Å²) in [7, 11) is 1.68. The van der Waals surface area contributed by atoms with Crippen LogP contribution in [0.2, 0.25) is 5.02 Å². The Morgan fingerprint density at radius 2 is 2.11 bits per heavy atom. The zero-order valence-electron chi connectivity index (χ0n) is 9.60. The molecule has 2 aromatic rings. The Bertz CT molecular complexity index is 574. The summed E-state index contributed by atoms with van der Waals surface area (Å²) in [6.45, 7) is 0. The maximum absolute atomic E-state index is 12.2. The van der Waals surface area contributed by atoms with Crippen LogP contribution < -0.4 is 4.90 Å². The Balaban J connectivity index is 2.29. The van der Waals surface area contributed by atoms with Gasteiger partial charge in [0.15, 0.2) is 0 Å². The van der Waals surface area contributed by atoms with Gasteiger partial charge in [0.05, 0.1) is 5.02 Å². The molecule has 0 saturated carbocycles. The minimum absolute atomic E-state index is 0.150. The molecule has 18 heavy (non-hydrogen) atoms. The molecular formula is C13H10BrClN2O. The third-order valence-electron chi connectivity index (χ3n) is 2.46. The largest absolute Gasteiger partial charge is 0.296 e. The summed E-state index contributed by atoms with van der Waals surface area (Å²) < 4.78 is 0.765. The van der Waals surface area contributed by atoms with Crippen LogP contribution in [0.25, 0.3) is 0 Å². The van der Waals surface area contributed by atoms with E-state index in [1.807, 2.05) is 6.07 Å². The lowest BCUT2D eigenvalue weighted by atomic mass is 10.2. The standard InChI is InChI=1S/C13H10BrClN2O/c1-17(12-4-2-3-7-16-12)13(18)9-5-6-10(14)11(15)8-9/h2-8H,1H3. The lowest BCUT2D eigenvalue weighted by molar-refractivity contribution is 0.0992. The van der Waals surface area contributed by atoms with Crippen molar-refractivity contribution >= 4 is 39.3 Å². The molecular weight excluding hydrogens is 316 g/mol. The quantitative estimate of drug-likeness (QED) is 0.842. The summed E-state index contributed by atoms with van der Waals surface area (Å²) in [4.78, 5) is 17.8. The molecule has 0 bridgehead atoms. The SMILES string of the molecule is CN(C(=O)c1ccc(Br)c(Cl)c1)c1ccccn1. The third-order valence-corrected chi connectivity index (χ3v) is 3.70. The van der Waals surface area contributed by atoms with E-state index in [1.54, 1.807) is 43.6 Å². The van der Waals surface area contributed by atoms with Crippen LogP contribution in [0.1, 0.15) is 10.4 Å². The van der Waals surface area contributed by atoms with Crippen LogP contribution in [0.15, 0.2) is 47.1 Å². The monoisotopic (exact) mass is 324 g/mol. The van der Waals surface area contributed by atoms with Crippen LogP contribution in [-0.2, 0) is 0 Å². The molecule has 0 radical (unpaired) electrons. The molecule has 0 unspecified atom stereocenters. The van der Waals surface area contributed by atoms with Gasteiger partial charge in [0.25, 0.3) is 5.91 Å². The van der Waals surface area contributed by atoms with Gasteiger partial charge in [0, 0.05) is 23.3 Å². The maximum atomic E-state index is 12.2. The van der Waals surface area contributed by atoms with E-state index >= 15 is 0 Å². The highest BCUT2D eigenvalue weighted by Crippen LogP contribution is 2.24. The van der Waals surface area contributed by atoms with E-state index in [-0.39, 0.29) is 5.91 Å². The van der Waals surface area contributed by atoms with Crippen LogP contribution in [0, 0.1) is 0 Å². The van der Waals surface area contributed by atoms with Crippen molar-refractivity contribution in [2.45, 2.75) is 0 Å². The molecule has 0 atom stereocenters. The minimum atomic E-state index is -0.150. The number of halogens is 2. The highest BCUT2D eigenvalue weighted by Gasteiger charge is 2.15. The number of pyridine rings is 1. The number of hydrogen-bond donors (Lipinski definition) is 0. The minimum Gasteiger partial charge on any atom is -0.296 e. The van der Waals surface area contributed by atoms with Gasteiger partial charge in [-0.25, -0.2) is 4.98 Å². The van der Waals surface area contributed by atoms with Crippen LogP contribution in [0.3, 0.4) is 0 Å². The number of nitrogens with zero attached hydrogens (tertiary/aromatic N) is 2. The number of amides is 1. The smallest absolute Gasteiger partial charge is 0.259 e. The molecule has 0 aliphatic rings. The first kappa shape index (κ1) is 13.1. The number of benzene rings is 1. The van der Waals surface area contributed by atoms with Gasteiger partial charge in [-0.2, -0.15) is 0 Å². The van der Waals surface area contributed by atoms with Crippen molar-refractivity contribution in [1.82, 2.24) is 4.98 Å². The number of rotatable bonds is 2. The fourth-order valence-electron chi connectivity index (χ4n) is 1.48. The first-order chi connectivity index (χ1) is 8.59. The molecule has 0 fully saturated rings. The van der Waals surface area contributed by atoms with Gasteiger partial charge in [-0.3, -0.25) is 9.69 Å². The average Bonchev–Trinajstić information content (AvgIpc) is 2.41. The Morgan fingerprint density at radius 3 is 2.72 bits per heavy atom. The van der Waals surface area contributed by atoms with Gasteiger partial charge in [0.1, 0.15) is 5.82 Å². The van der Waals surface area contributed by atoms with Gasteiger partial charge < -0.3 is 0 Å². The van der Waals surface area contributed by atoms with Crippen LogP contribution in [0.5, 0.6) is 0 Å². The van der Waals surface area contributed by atoms with E-state index in [4.69, 9.17) is 11.6 Å². The molecule has 2 rings (SSSR count). The number of anilines is 1. The molecule has 5 heteroatoms. The second kappa shape index (κ2) is 5.50. The normalized spacial score (nSPS) is 10.2. The van der Waals surface area contributed by atoms with E-state index in [1.165, 1.54) is 4.90 Å². The fraction of sp³-hybridized carbons (Fsp3) is 0.0769. The summed E-state index contributed by atoms with van der Waals surface area (Å²) in [5, 5.41) is 0.510. The van der Waals surface area contributed by atoms with Crippen molar-refractivity contribution in [3.63, 3.8) is 0 Å². The van der Waals surface area contributed by atoms with Crippen LogP contribution in [0.4, 0.5) is 5.82 Å². The van der Waals surface area contributed by atoms with Crippen LogP contribution >= 0.6 is 27.5 Å². The van der Waals surface area contributed by atoms with Gasteiger partial charge >= 0.3 is 0 Å². The molecule has 3 nitrogen and oxygen atoms in total. The van der Waals surface area contributed by atoms with Crippen molar-refractivity contribution in [2.75, 3.05) is 11.9 Å². The van der Waals surface area contributed by atoms with Gasteiger partial charge in [-0.1, -0.05) is 17.7 Å². The zero-order chi connectivity index (χ0) is 13.1. The van der Waals surface area contributed by atoms with Gasteiger partial charge in [0.2, 0.25) is 0 Å². The third kappa shape index (κ3) is 2.71. The maximum Gasteiger partial charge on any atom is 0.259 e. The molecule has 1 aromatic carbocycles. The van der Waals surface area contributed by atoms with E-state index in [0.29, 0.717) is 16.4 Å². The first-order valence-corrected chi connectivity index (χ1v) is 6.41. The lowest BCUT2D eigenvalue weighted by Crippen LogP contribution is -2.26. The highest BCUT2D eigenvalue weighted by atomic mass is 79.9. The molecule has 1 aromatic heterocycles. The Kier molecular flexibility index (Phi) is 3.99. The molecule has 92 valence electrons. The molecule has 0 aliphatic heterocycles. The zero-order valence-corrected chi connectivity index (χ0v) is 11.9. The molecule has 1 amide bonds. The topological polar surface area (TPSA) is 33.2 Å². The molecule has 0 spiro atoms. The Hall–Kier alpha value is -1.39. The van der Waals surface area contributed by atoms with Gasteiger partial charge in [-0.05, 0) is 46.3 Å². The van der Waals surface area contributed by atoms with Crippen molar-refractivity contribution in [1.29, 1.82) is 0 Å². The summed E-state index contributed by atoms with van der Waals surface area (Å²) in [5.41, 5.74) is 0.524. The summed E-state index contributed by atoms with van der Waals surface area (Å²) in [5.74, 6) is 0.449. The van der Waals surface area contributed by atoms with E-state index in [2.05, 4.69) is 20.9 Å². The van der Waals surface area contributed by atoms with Crippen molar-refractivity contribution in [2.24, 2.45) is 0 Å². The fourth-order valence-corrected chi connectivity index (χ4v) is 1.91. The molecule has 0 aliphatic carbocycles. The summed E-state index contributed by atoms with van der Waals surface area (Å²) >= 11 is 9.27. The van der Waals surface area contributed by atoms with Crippen molar-refractivity contribution < 1.29 is 4.79 Å². The Labute approximate surface area is 119 Å². The lowest BCUT2D eigenvalue weighted by Gasteiger charge is -2.16. The number of carbonyl (C=O) groups is 1. The average molecular weight is 326 g/mol. The molecule has 0 N–H and O–H groups in total. The predicted octanol–water partition coefficient (Wildman–Crippen LogP) is 3.77. The second-order valence-electron chi connectivity index (χ2n) is 3.68. The number of carbonyl (C=O) groups excluding carboxylic acids is 1. The predicted molar refractivity (Wildman–Crippen MR) is 76.1 cm³/mol. The summed E-state index contributed by atoms with van der Waals surface area (Å²) in [6, 6.07) is 10.5. The second-order valence-corrected chi connectivity index (χ2v) is 4.94. The Morgan fingerprint density at radius 1 is 1.33 bits per heavy atom. The van der Waals surface area contributed by atoms with Crippen molar-refractivity contribution in [3.05, 3.63) is 57.7 Å². The first-order valence-electron chi connectivity index (χ1n) is 5.24.